The van der Waals surface area contributed by atoms with Crippen molar-refractivity contribution in [1.82, 2.24) is 0 Å². The van der Waals surface area contributed by atoms with Gasteiger partial charge in [-0.25, -0.2) is 0 Å². The predicted octanol–water partition coefficient (Wildman–Crippen LogP) is 7.58. The second-order valence-electron chi connectivity index (χ2n) is 3.62. The Labute approximate surface area is 319 Å². The van der Waals surface area contributed by atoms with Gasteiger partial charge in [0.25, 0.3) is 0 Å². The predicted molar refractivity (Wildman–Crippen MR) is 145 cm³/mol. The van der Waals surface area contributed by atoms with E-state index >= 15 is 0 Å². The molecule has 0 rings (SSSR count). The molecule has 216 valence electrons. The average molecular weight is 815 g/mol. The first kappa shape index (κ1) is 147. The summed E-state index contributed by atoms with van der Waals surface area (Å²) in [4.78, 5) is 0. The van der Waals surface area contributed by atoms with Crippen LogP contribution in [0.3, 0.4) is 0 Å². The average Bonchev–Trinajstić information content (AvgIpc) is 2.16. The topological polar surface area (TPSA) is 115 Å². The molecule has 0 saturated carbocycles. The Hall–Kier alpha value is 4.21. The van der Waals surface area contributed by atoms with Gasteiger partial charge >= 0.3 is 0 Å². The third-order valence-corrected chi connectivity index (χ3v) is 1.68. The fraction of sp³-hybridized carbons (Fsp3) is 0.727. The van der Waals surface area contributed by atoms with Crippen LogP contribution in [0.25, 0.3) is 0 Å². The summed E-state index contributed by atoms with van der Waals surface area (Å²) in [7, 11) is -2.86. The molecule has 0 spiro atoms. The Balaban J connectivity index is -0.00000000433. The summed E-state index contributed by atoms with van der Waals surface area (Å²) < 4.78 is 24.1. The van der Waals surface area contributed by atoms with Crippen molar-refractivity contribution in [3.05, 3.63) is 44.6 Å². The quantitative estimate of drug-likeness (QED) is 0.101. The summed E-state index contributed by atoms with van der Waals surface area (Å²) in [6.07, 6.45) is 1.27. The maximum absolute atomic E-state index is 8.87. The molecule has 0 aliphatic heterocycles. The van der Waals surface area contributed by atoms with Gasteiger partial charge < -0.3 is 72.9 Å². The largest absolute Gasteiger partial charge is 0.439 e. The molecule has 0 aliphatic carbocycles. The second kappa shape index (κ2) is 122. The van der Waals surface area contributed by atoms with Gasteiger partial charge in [0.2, 0.25) is 0 Å². The summed E-state index contributed by atoms with van der Waals surface area (Å²) in [5.74, 6) is 0. The van der Waals surface area contributed by atoms with E-state index in [1.165, 1.54) is 0 Å². The third-order valence-electron chi connectivity index (χ3n) is 1.68. The van der Waals surface area contributed by atoms with Crippen molar-refractivity contribution in [3.8, 4) is 0 Å². The minimum atomic E-state index is -2.86. The summed E-state index contributed by atoms with van der Waals surface area (Å²) >= 11 is 0. The van der Waals surface area contributed by atoms with Crippen molar-refractivity contribution in [2.24, 2.45) is 0 Å². The minimum Gasteiger partial charge on any atom is -0.439 e. The van der Waals surface area contributed by atoms with E-state index in [4.69, 9.17) is 28.3 Å². The fourth-order valence-corrected chi connectivity index (χ4v) is 0.560. The van der Waals surface area contributed by atoms with Gasteiger partial charge in [-0.05, 0) is 33.1 Å². The van der Waals surface area contributed by atoms with E-state index in [0.717, 1.165) is 12.8 Å². The molecule has 0 aromatic carbocycles. The molecule has 3 atom stereocenters. The van der Waals surface area contributed by atoms with E-state index in [9.17, 15) is 0 Å². The zero-order valence-electron chi connectivity index (χ0n) is 19.2. The Morgan fingerprint density at radius 3 is 0.758 bits per heavy atom. The maximum atomic E-state index is 8.87. The van der Waals surface area contributed by atoms with Crippen molar-refractivity contribution in [3.63, 3.8) is 0 Å². The van der Waals surface area contributed by atoms with Crippen molar-refractivity contribution < 1.29 is 159 Å². The molecule has 0 heterocycles. The van der Waals surface area contributed by atoms with E-state index in [0.29, 0.717) is 6.42 Å². The van der Waals surface area contributed by atoms with Crippen molar-refractivity contribution in [1.29, 1.82) is 0 Å². The van der Waals surface area contributed by atoms with Crippen LogP contribution in [0, 0.1) is 44.6 Å². The molecule has 33 heavy (non-hydrogen) atoms. The molecule has 4 N–H and O–H groups in total. The van der Waals surface area contributed by atoms with Gasteiger partial charge in [-0.3, -0.25) is 0 Å². The molecule has 0 aliphatic rings. The zero-order chi connectivity index (χ0) is 14.4. The number of hydrogen-bond donors (Lipinski definition) is 4. The molecule has 11 heteroatoms. The number of aliphatic hydroxyl groups is 3. The van der Waals surface area contributed by atoms with E-state index in [2.05, 4.69) is 0 Å². The van der Waals surface area contributed by atoms with Gasteiger partial charge in [-0.1, -0.05) is 58.4 Å². The third kappa shape index (κ3) is 284. The molecule has 0 fully saturated rings. The summed E-state index contributed by atoms with van der Waals surface area (Å²) in [5, 5.41) is 25.9. The monoisotopic (exact) mass is 815 g/mol. The van der Waals surface area contributed by atoms with E-state index in [-0.39, 0.29) is 238 Å². The molecule has 6 nitrogen and oxygen atoms in total. The standard InChI is InChI=1S/C6H14O2.C4H10O.6CH4.6CH3.HO3S.4Y/c1-3-6(8)4-5(2)7;1-3-4(2)5;;;;;;;;;;;;;1-4(2)3;;;;/h5-8H,3-4H2,1-2H3;4-5H,3H2,1-2H3;6*1H4;6*1H3;(H,1,2,3);;;;/q;;;;;;;;7*-1;;;;. The van der Waals surface area contributed by atoms with Crippen molar-refractivity contribution in [2.45, 2.75) is 110 Å². The summed E-state index contributed by atoms with van der Waals surface area (Å²) in [5.41, 5.74) is 0. The van der Waals surface area contributed by atoms with Gasteiger partial charge in [0.05, 0.1) is 18.3 Å². The fourth-order valence-electron chi connectivity index (χ4n) is 0.560. The first-order valence-corrected chi connectivity index (χ1v) is 6.52. The summed E-state index contributed by atoms with van der Waals surface area (Å²) in [6.45, 7) is 7.30. The Morgan fingerprint density at radius 1 is 0.576 bits per heavy atom. The second-order valence-corrected chi connectivity index (χ2v) is 4.06. The van der Waals surface area contributed by atoms with E-state index in [1.807, 2.05) is 13.8 Å². The first-order chi connectivity index (χ1) is 7.67. The Kier molecular flexibility index (Phi) is 542. The van der Waals surface area contributed by atoms with Crippen LogP contribution in [0.5, 0.6) is 0 Å². The Bertz CT molecular complexity index is 219. The molecule has 0 aromatic rings. The molecule has 3 unspecified atom stereocenters. The molecule has 0 bridgehead atoms. The maximum Gasteiger partial charge on any atom is 0.0562 e. The van der Waals surface area contributed by atoms with Crippen LogP contribution in [-0.2, 0) is 150 Å². The zero-order valence-corrected chi connectivity index (χ0v) is 31.3. The van der Waals surface area contributed by atoms with Gasteiger partial charge in [0, 0.05) is 142 Å². The Morgan fingerprint density at radius 2 is 0.727 bits per heavy atom. The van der Waals surface area contributed by atoms with E-state index in [1.54, 1.807) is 13.8 Å². The molecule has 0 amide bonds. The van der Waals surface area contributed by atoms with Gasteiger partial charge in [0.15, 0.2) is 0 Å². The van der Waals surface area contributed by atoms with Gasteiger partial charge in [-0.2, -0.15) is 0 Å². The van der Waals surface area contributed by atoms with Crippen molar-refractivity contribution >= 4 is 11.0 Å². The minimum absolute atomic E-state index is 0. The normalized spacial score (nSPS) is 7.67. The van der Waals surface area contributed by atoms with Crippen LogP contribution in [0.4, 0.5) is 0 Å². The van der Waals surface area contributed by atoms with Crippen molar-refractivity contribution in [2.75, 3.05) is 0 Å². The number of hydrogen-bond acceptors (Lipinski definition) is 6. The van der Waals surface area contributed by atoms with Crippen LogP contribution in [0.15, 0.2) is 0 Å². The van der Waals surface area contributed by atoms with Crippen LogP contribution >= 0.6 is 0 Å². The van der Waals surface area contributed by atoms with Gasteiger partial charge in [0.1, 0.15) is 0 Å². The van der Waals surface area contributed by atoms with Crippen LogP contribution in [-0.4, -0.2) is 38.2 Å². The first-order valence-electron chi connectivity index (χ1n) is 5.49. The SMILES string of the molecule is C.C.C.C.C.C.CCC(C)O.CCC(O)CC(C)O.O=[S-](=O)O.[CH3-].[CH3-].[CH3-].[CH3-].[CH3-].[CH3-].[Y].[Y].[Y].[Y]. The number of aliphatic hydroxyl groups excluding tert-OH is 3. The number of rotatable bonds is 4. The van der Waals surface area contributed by atoms with Crippen LogP contribution in [0.2, 0.25) is 0 Å². The van der Waals surface area contributed by atoms with Gasteiger partial charge in [-0.15, -0.1) is 0 Å². The van der Waals surface area contributed by atoms with E-state index < -0.39 is 11.0 Å². The molecule has 4 radical (unpaired) electrons. The molecular formula is C22H67O6SY4-7. The molecule has 0 aromatic heterocycles. The summed E-state index contributed by atoms with van der Waals surface area (Å²) in [6, 6.07) is 0. The smallest absolute Gasteiger partial charge is 0.0562 e. The van der Waals surface area contributed by atoms with Crippen LogP contribution < -0.4 is 0 Å². The molecule has 0 saturated heterocycles. The van der Waals surface area contributed by atoms with Crippen LogP contribution in [0.1, 0.15) is 91.5 Å². The molecular weight excluding hydrogens is 748 g/mol.